The van der Waals surface area contributed by atoms with Crippen LogP contribution in [0.4, 0.5) is 0 Å². The monoisotopic (exact) mass is 454 g/mol. The highest BCUT2D eigenvalue weighted by Gasteiger charge is 2.24. The molecule has 0 saturated heterocycles. The summed E-state index contributed by atoms with van der Waals surface area (Å²) >= 11 is 0. The van der Waals surface area contributed by atoms with Crippen molar-refractivity contribution in [1.82, 2.24) is 0 Å². The van der Waals surface area contributed by atoms with E-state index in [1.165, 1.54) is 5.57 Å². The molecule has 0 radical (unpaired) electrons. The van der Waals surface area contributed by atoms with Gasteiger partial charge in [-0.1, -0.05) is 88.3 Å². The topological polar surface area (TPSA) is 58.9 Å². The summed E-state index contributed by atoms with van der Waals surface area (Å²) in [5.74, 6) is 1.74. The molecular weight excluding hydrogens is 412 g/mol. The largest absolute Gasteiger partial charge is 0.490 e. The van der Waals surface area contributed by atoms with Crippen molar-refractivity contribution in [3.05, 3.63) is 47.0 Å². The van der Waals surface area contributed by atoms with Crippen LogP contribution in [0.15, 0.2) is 35.9 Å². The van der Waals surface area contributed by atoms with Gasteiger partial charge in [-0.15, -0.1) is 0 Å². The molecule has 0 spiro atoms. The van der Waals surface area contributed by atoms with Gasteiger partial charge in [-0.2, -0.15) is 0 Å². The van der Waals surface area contributed by atoms with Crippen molar-refractivity contribution in [3.8, 4) is 11.5 Å². The summed E-state index contributed by atoms with van der Waals surface area (Å²) in [6.07, 6.45) is 11.1. The zero-order valence-corrected chi connectivity index (χ0v) is 20.7. The summed E-state index contributed by atoms with van der Waals surface area (Å²) in [7, 11) is 0. The summed E-state index contributed by atoms with van der Waals surface area (Å²) in [6, 6.07) is 8.19. The van der Waals surface area contributed by atoms with Crippen LogP contribution < -0.4 is 9.47 Å². The molecule has 0 bridgehead atoms. The number of aliphatic hydroxyl groups excluding tert-OH is 2. The molecule has 33 heavy (non-hydrogen) atoms. The van der Waals surface area contributed by atoms with Crippen LogP contribution in [-0.2, 0) is 12.8 Å². The highest BCUT2D eigenvalue weighted by atomic mass is 16.5. The van der Waals surface area contributed by atoms with Crippen LogP contribution in [0.5, 0.6) is 11.5 Å². The Labute approximate surface area is 199 Å². The van der Waals surface area contributed by atoms with Crippen LogP contribution in [0.25, 0.3) is 10.8 Å². The maximum absolute atomic E-state index is 10.5. The average Bonchev–Trinajstić information content (AvgIpc) is 2.81. The van der Waals surface area contributed by atoms with Crippen LogP contribution in [0.1, 0.15) is 83.3 Å². The Kier molecular flexibility index (Phi) is 10.1. The van der Waals surface area contributed by atoms with Crippen molar-refractivity contribution < 1.29 is 19.7 Å². The number of aliphatic hydroxyl groups is 2. The summed E-state index contributed by atoms with van der Waals surface area (Å²) in [5, 5.41) is 22.9. The Balaban J connectivity index is 1.87. The Morgan fingerprint density at radius 1 is 0.788 bits per heavy atom. The zero-order chi connectivity index (χ0) is 23.6. The Hall–Kier alpha value is -2.04. The molecule has 2 aromatic rings. The summed E-state index contributed by atoms with van der Waals surface area (Å²) in [5.41, 5.74) is 3.62. The number of unbranched alkanes of at least 4 members (excludes halogenated alkanes) is 4. The molecule has 0 aliphatic heterocycles. The van der Waals surface area contributed by atoms with Gasteiger partial charge < -0.3 is 19.7 Å². The minimum atomic E-state index is -0.458. The van der Waals surface area contributed by atoms with Crippen molar-refractivity contribution in [2.45, 2.75) is 97.2 Å². The molecule has 4 heteroatoms. The van der Waals surface area contributed by atoms with Gasteiger partial charge in [0.05, 0.1) is 12.2 Å². The quantitative estimate of drug-likeness (QED) is 0.252. The van der Waals surface area contributed by atoms with Gasteiger partial charge in [0.25, 0.3) is 0 Å². The lowest BCUT2D eigenvalue weighted by Crippen LogP contribution is -2.20. The van der Waals surface area contributed by atoms with E-state index < -0.39 is 12.2 Å². The van der Waals surface area contributed by atoms with E-state index in [-0.39, 0.29) is 0 Å². The van der Waals surface area contributed by atoms with Crippen LogP contribution in [0, 0.1) is 0 Å². The first-order valence-corrected chi connectivity index (χ1v) is 12.9. The number of benzene rings is 2. The van der Waals surface area contributed by atoms with Crippen molar-refractivity contribution >= 4 is 10.8 Å². The second-order valence-corrected chi connectivity index (χ2v) is 9.51. The molecule has 1 aliphatic rings. The van der Waals surface area contributed by atoms with Crippen molar-refractivity contribution in [2.75, 3.05) is 13.2 Å². The molecule has 182 valence electrons. The number of ether oxygens (including phenoxy) is 2. The van der Waals surface area contributed by atoms with Gasteiger partial charge >= 0.3 is 0 Å². The molecule has 2 atom stereocenters. The standard InChI is InChI=1S/C29H42O4/c1-4-6-8-12-22(30)19-32-28-24-14-10-11-15-25(24)29(27-18-21(3)16-17-26(27)28)33-20-23(31)13-9-7-5-2/h10-11,14-16,22-23,30-31H,4-9,12-13,17-20H2,1-3H3. The molecule has 4 nitrogen and oxygen atoms in total. The maximum atomic E-state index is 10.5. The number of fused-ring (bicyclic) bond motifs is 2. The fourth-order valence-electron chi connectivity index (χ4n) is 4.62. The van der Waals surface area contributed by atoms with Crippen LogP contribution in [0.3, 0.4) is 0 Å². The SMILES string of the molecule is CCCCCC(O)COc1c2c(c(OCC(O)CCCCC)c3ccccc13)CC(C)=CC2. The molecular formula is C29H42O4. The molecule has 3 rings (SSSR count). The van der Waals surface area contributed by atoms with Crippen LogP contribution >= 0.6 is 0 Å². The molecule has 2 unspecified atom stereocenters. The minimum Gasteiger partial charge on any atom is -0.490 e. The minimum absolute atomic E-state index is 0.305. The fourth-order valence-corrected chi connectivity index (χ4v) is 4.62. The summed E-state index contributed by atoms with van der Waals surface area (Å²) < 4.78 is 12.6. The molecule has 0 amide bonds. The van der Waals surface area contributed by atoms with Gasteiger partial charge in [0.1, 0.15) is 24.7 Å². The van der Waals surface area contributed by atoms with Crippen molar-refractivity contribution in [1.29, 1.82) is 0 Å². The number of hydrogen-bond donors (Lipinski definition) is 2. The third-order valence-corrected chi connectivity index (χ3v) is 6.56. The highest BCUT2D eigenvalue weighted by Crippen LogP contribution is 2.44. The number of allylic oxidation sites excluding steroid dienone is 2. The summed E-state index contributed by atoms with van der Waals surface area (Å²) in [6.45, 7) is 7.10. The van der Waals surface area contributed by atoms with Crippen LogP contribution in [-0.4, -0.2) is 35.6 Å². The normalized spacial score (nSPS) is 15.1. The van der Waals surface area contributed by atoms with Gasteiger partial charge in [0, 0.05) is 21.9 Å². The third kappa shape index (κ3) is 6.97. The lowest BCUT2D eigenvalue weighted by Gasteiger charge is -2.26. The Morgan fingerprint density at radius 3 is 1.82 bits per heavy atom. The first-order valence-electron chi connectivity index (χ1n) is 12.9. The smallest absolute Gasteiger partial charge is 0.131 e. The van der Waals surface area contributed by atoms with E-state index in [0.717, 1.165) is 97.6 Å². The second-order valence-electron chi connectivity index (χ2n) is 9.51. The number of rotatable bonds is 14. The maximum Gasteiger partial charge on any atom is 0.131 e. The lowest BCUT2D eigenvalue weighted by atomic mass is 9.87. The predicted octanol–water partition coefficient (Wildman–Crippen LogP) is 6.52. The molecule has 0 saturated carbocycles. The van der Waals surface area contributed by atoms with Gasteiger partial charge in [-0.25, -0.2) is 0 Å². The van der Waals surface area contributed by atoms with E-state index in [4.69, 9.17) is 9.47 Å². The molecule has 1 aliphatic carbocycles. The fraction of sp³-hybridized carbons (Fsp3) is 0.586. The third-order valence-electron chi connectivity index (χ3n) is 6.56. The zero-order valence-electron chi connectivity index (χ0n) is 20.7. The molecule has 2 aromatic carbocycles. The van der Waals surface area contributed by atoms with Gasteiger partial charge in [0.15, 0.2) is 0 Å². The van der Waals surface area contributed by atoms with E-state index in [0.29, 0.717) is 13.2 Å². The van der Waals surface area contributed by atoms with E-state index in [2.05, 4.69) is 39.0 Å². The van der Waals surface area contributed by atoms with E-state index in [1.54, 1.807) is 0 Å². The summed E-state index contributed by atoms with van der Waals surface area (Å²) in [4.78, 5) is 0. The molecule has 0 heterocycles. The first kappa shape index (κ1) is 25.6. The second kappa shape index (κ2) is 13.0. The van der Waals surface area contributed by atoms with E-state index in [1.807, 2.05) is 12.1 Å². The average molecular weight is 455 g/mol. The van der Waals surface area contributed by atoms with Gasteiger partial charge in [-0.3, -0.25) is 0 Å². The van der Waals surface area contributed by atoms with Gasteiger partial charge in [0.2, 0.25) is 0 Å². The number of hydrogen-bond acceptors (Lipinski definition) is 4. The lowest BCUT2D eigenvalue weighted by molar-refractivity contribution is 0.0961. The van der Waals surface area contributed by atoms with Crippen molar-refractivity contribution in [3.63, 3.8) is 0 Å². The predicted molar refractivity (Wildman–Crippen MR) is 136 cm³/mol. The van der Waals surface area contributed by atoms with E-state index in [9.17, 15) is 10.2 Å². The van der Waals surface area contributed by atoms with Crippen LogP contribution in [0.2, 0.25) is 0 Å². The van der Waals surface area contributed by atoms with Gasteiger partial charge in [-0.05, 0) is 32.6 Å². The van der Waals surface area contributed by atoms with E-state index >= 15 is 0 Å². The first-order chi connectivity index (χ1) is 16.0. The highest BCUT2D eigenvalue weighted by molar-refractivity contribution is 5.96. The van der Waals surface area contributed by atoms with Crippen molar-refractivity contribution in [2.24, 2.45) is 0 Å². The molecule has 0 aromatic heterocycles. The molecule has 2 N–H and O–H groups in total. The Morgan fingerprint density at radius 2 is 1.30 bits per heavy atom. The Bertz CT molecular complexity index is 917. The molecule has 0 fully saturated rings.